The van der Waals surface area contributed by atoms with Crippen LogP contribution in [0.3, 0.4) is 0 Å². The number of nitriles is 1. The van der Waals surface area contributed by atoms with E-state index in [4.69, 9.17) is 10.2 Å². The molecule has 0 spiro atoms. The second-order valence-electron chi connectivity index (χ2n) is 9.35. The standard InChI is InChI=1S/C28H32N6O2.3ClH/c29-8-9-31-28(35)27-17-22-16-23(5-7-26(22)36-27)34-13-11-33(12-14-34)10-2-1-3-21-19-32-25-6-4-20(18-30)15-24(21)25;;;/h4-7,15-17,19,32H,1-3,8-14,29H2,(H,31,35);3*1H. The fourth-order valence-electron chi connectivity index (χ4n) is 4.95. The van der Waals surface area contributed by atoms with E-state index in [1.54, 1.807) is 6.07 Å². The highest BCUT2D eigenvalue weighted by molar-refractivity contribution is 5.96. The number of carbonyl (C=O) groups is 1. The summed E-state index contributed by atoms with van der Waals surface area (Å²) in [7, 11) is 0. The van der Waals surface area contributed by atoms with Crippen LogP contribution in [0.1, 0.15) is 34.5 Å². The highest BCUT2D eigenvalue weighted by Gasteiger charge is 2.18. The summed E-state index contributed by atoms with van der Waals surface area (Å²) in [6, 6.07) is 16.0. The number of aryl methyl sites for hydroxylation is 1. The predicted molar refractivity (Wildman–Crippen MR) is 164 cm³/mol. The maximum Gasteiger partial charge on any atom is 0.287 e. The van der Waals surface area contributed by atoms with Gasteiger partial charge in [0.25, 0.3) is 5.91 Å². The number of rotatable bonds is 9. The van der Waals surface area contributed by atoms with Gasteiger partial charge in [0.05, 0.1) is 11.6 Å². The van der Waals surface area contributed by atoms with Gasteiger partial charge in [-0.05, 0) is 73.8 Å². The summed E-state index contributed by atoms with van der Waals surface area (Å²) >= 11 is 0. The van der Waals surface area contributed by atoms with Gasteiger partial charge in [0.15, 0.2) is 5.76 Å². The number of aromatic amines is 1. The van der Waals surface area contributed by atoms with Crippen molar-refractivity contribution in [1.82, 2.24) is 15.2 Å². The molecule has 0 saturated carbocycles. The summed E-state index contributed by atoms with van der Waals surface area (Å²) in [6.45, 7) is 5.96. The van der Waals surface area contributed by atoms with Crippen molar-refractivity contribution in [3.63, 3.8) is 0 Å². The molecule has 1 aliphatic heterocycles. The number of hydrogen-bond acceptors (Lipinski definition) is 6. The number of nitrogens with zero attached hydrogens (tertiary/aromatic N) is 3. The van der Waals surface area contributed by atoms with Crippen molar-refractivity contribution >= 4 is 70.7 Å². The molecule has 1 fully saturated rings. The van der Waals surface area contributed by atoms with Gasteiger partial charge in [-0.1, -0.05) is 0 Å². The lowest BCUT2D eigenvalue weighted by Gasteiger charge is -2.36. The lowest BCUT2D eigenvalue weighted by Crippen LogP contribution is -2.46. The van der Waals surface area contributed by atoms with Crippen LogP contribution in [0.4, 0.5) is 5.69 Å². The van der Waals surface area contributed by atoms with Crippen LogP contribution in [0.15, 0.2) is 53.1 Å². The third kappa shape index (κ3) is 7.59. The van der Waals surface area contributed by atoms with Crippen LogP contribution in [0.2, 0.25) is 0 Å². The Morgan fingerprint density at radius 1 is 1.05 bits per heavy atom. The van der Waals surface area contributed by atoms with Crippen molar-refractivity contribution in [3.8, 4) is 6.07 Å². The Labute approximate surface area is 247 Å². The van der Waals surface area contributed by atoms with Gasteiger partial charge in [-0.25, -0.2) is 0 Å². The Hall–Kier alpha value is -2.93. The lowest BCUT2D eigenvalue weighted by molar-refractivity contribution is 0.0929. The quantitative estimate of drug-likeness (QED) is 0.238. The van der Waals surface area contributed by atoms with E-state index in [0.29, 0.717) is 30.0 Å². The van der Waals surface area contributed by atoms with Crippen LogP contribution in [0, 0.1) is 11.3 Å². The van der Waals surface area contributed by atoms with Crippen LogP contribution in [0.5, 0.6) is 0 Å². The molecule has 2 aromatic heterocycles. The van der Waals surface area contributed by atoms with Gasteiger partial charge in [0.2, 0.25) is 0 Å². The number of nitrogens with one attached hydrogen (secondary N) is 2. The normalized spacial score (nSPS) is 13.3. The first-order chi connectivity index (χ1) is 17.6. The zero-order valence-electron chi connectivity index (χ0n) is 21.7. The molecule has 1 amide bonds. The zero-order valence-corrected chi connectivity index (χ0v) is 24.1. The number of carbonyl (C=O) groups excluding carboxylic acids is 1. The molecule has 11 heteroatoms. The van der Waals surface area contributed by atoms with Gasteiger partial charge >= 0.3 is 0 Å². The fraction of sp³-hybridized carbons (Fsp3) is 0.357. The summed E-state index contributed by atoms with van der Waals surface area (Å²) in [5.74, 6) is 0.0852. The molecule has 1 aliphatic rings. The first-order valence-corrected chi connectivity index (χ1v) is 12.6. The number of hydrogen-bond donors (Lipinski definition) is 3. The minimum absolute atomic E-state index is 0. The molecule has 0 atom stereocenters. The number of aromatic nitrogens is 1. The molecule has 4 N–H and O–H groups in total. The van der Waals surface area contributed by atoms with E-state index in [1.165, 1.54) is 10.9 Å². The Balaban J connectivity index is 0.00000178. The minimum Gasteiger partial charge on any atom is -0.451 e. The fourth-order valence-corrected chi connectivity index (χ4v) is 4.95. The van der Waals surface area contributed by atoms with E-state index in [-0.39, 0.29) is 43.1 Å². The molecule has 3 heterocycles. The van der Waals surface area contributed by atoms with Gasteiger partial charge < -0.3 is 25.4 Å². The summed E-state index contributed by atoms with van der Waals surface area (Å²) in [4.78, 5) is 20.4. The van der Waals surface area contributed by atoms with Crippen molar-refractivity contribution in [2.75, 3.05) is 50.7 Å². The third-order valence-corrected chi connectivity index (χ3v) is 6.96. The van der Waals surface area contributed by atoms with Crippen molar-refractivity contribution in [2.24, 2.45) is 5.73 Å². The highest BCUT2D eigenvalue weighted by atomic mass is 35.5. The predicted octanol–water partition coefficient (Wildman–Crippen LogP) is 4.88. The van der Waals surface area contributed by atoms with E-state index in [1.807, 2.05) is 24.3 Å². The molecule has 5 rings (SSSR count). The van der Waals surface area contributed by atoms with Crippen LogP contribution >= 0.6 is 37.2 Å². The van der Waals surface area contributed by atoms with Crippen LogP contribution < -0.4 is 16.0 Å². The SMILES string of the molecule is Cl.Cl.Cl.N#Cc1ccc2[nH]cc(CCCCN3CCN(c4ccc5oc(C(=O)NCCN)cc5c4)CC3)c2c1. The number of furan rings is 1. The first-order valence-electron chi connectivity index (χ1n) is 12.6. The Morgan fingerprint density at radius 2 is 1.85 bits per heavy atom. The van der Waals surface area contributed by atoms with Crippen LogP contribution in [-0.4, -0.2) is 61.6 Å². The number of unbranched alkanes of at least 4 members (excludes halogenated alkanes) is 1. The van der Waals surface area contributed by atoms with Crippen LogP contribution in [0.25, 0.3) is 21.9 Å². The van der Waals surface area contributed by atoms with E-state index in [2.05, 4.69) is 44.5 Å². The second kappa shape index (κ2) is 15.0. The summed E-state index contributed by atoms with van der Waals surface area (Å²) in [6.07, 6.45) is 5.38. The number of H-pyrrole nitrogens is 1. The van der Waals surface area contributed by atoms with Gasteiger partial charge in [-0.15, -0.1) is 37.2 Å². The average molecular weight is 594 g/mol. The summed E-state index contributed by atoms with van der Waals surface area (Å²) < 4.78 is 5.71. The number of halogens is 3. The smallest absolute Gasteiger partial charge is 0.287 e. The van der Waals surface area contributed by atoms with E-state index >= 15 is 0 Å². The Kier molecular flexibility index (Phi) is 12.4. The molecule has 0 bridgehead atoms. The van der Waals surface area contributed by atoms with Crippen molar-refractivity contribution in [2.45, 2.75) is 19.3 Å². The number of nitrogens with two attached hydrogens (primary N) is 1. The molecule has 210 valence electrons. The largest absolute Gasteiger partial charge is 0.451 e. The van der Waals surface area contributed by atoms with Crippen molar-refractivity contribution in [3.05, 3.63) is 65.5 Å². The highest BCUT2D eigenvalue weighted by Crippen LogP contribution is 2.26. The molecule has 0 unspecified atom stereocenters. The van der Waals surface area contributed by atoms with Gasteiger partial charge in [0.1, 0.15) is 5.58 Å². The molecule has 0 radical (unpaired) electrons. The molecular weight excluding hydrogens is 559 g/mol. The summed E-state index contributed by atoms with van der Waals surface area (Å²) in [5.41, 5.74) is 10.4. The van der Waals surface area contributed by atoms with Gasteiger partial charge in [0, 0.05) is 67.4 Å². The van der Waals surface area contributed by atoms with Crippen LogP contribution in [-0.2, 0) is 6.42 Å². The topological polar surface area (TPSA) is 114 Å². The second-order valence-corrected chi connectivity index (χ2v) is 9.35. The number of benzene rings is 2. The Bertz CT molecular complexity index is 1410. The Morgan fingerprint density at radius 3 is 2.59 bits per heavy atom. The molecule has 2 aromatic carbocycles. The number of amides is 1. The maximum atomic E-state index is 12.2. The third-order valence-electron chi connectivity index (χ3n) is 6.96. The minimum atomic E-state index is -0.233. The molecular formula is C28H35Cl3N6O2. The van der Waals surface area contributed by atoms with Gasteiger partial charge in [-0.3, -0.25) is 9.69 Å². The van der Waals surface area contributed by atoms with E-state index < -0.39 is 0 Å². The molecule has 39 heavy (non-hydrogen) atoms. The van der Waals surface area contributed by atoms with E-state index in [0.717, 1.165) is 68.6 Å². The van der Waals surface area contributed by atoms with Crippen molar-refractivity contribution in [1.29, 1.82) is 5.26 Å². The van der Waals surface area contributed by atoms with Gasteiger partial charge in [-0.2, -0.15) is 5.26 Å². The molecule has 8 nitrogen and oxygen atoms in total. The number of piperazine rings is 1. The monoisotopic (exact) mass is 592 g/mol. The first kappa shape index (κ1) is 32.3. The maximum absolute atomic E-state index is 12.2. The number of fused-ring (bicyclic) bond motifs is 2. The average Bonchev–Trinajstić information content (AvgIpc) is 3.53. The van der Waals surface area contributed by atoms with Crippen molar-refractivity contribution < 1.29 is 9.21 Å². The molecule has 1 saturated heterocycles. The lowest BCUT2D eigenvalue weighted by atomic mass is 10.1. The summed E-state index contributed by atoms with van der Waals surface area (Å²) in [5, 5.41) is 14.0. The number of anilines is 1. The zero-order chi connectivity index (χ0) is 24.9. The molecule has 4 aromatic rings. The molecule has 0 aliphatic carbocycles. The van der Waals surface area contributed by atoms with E-state index in [9.17, 15) is 10.1 Å².